The molecule has 1 aliphatic rings. The van der Waals surface area contributed by atoms with Crippen LogP contribution in [0.15, 0.2) is 0 Å². The summed E-state index contributed by atoms with van der Waals surface area (Å²) in [5.74, 6) is 0.0409. The van der Waals surface area contributed by atoms with Crippen LogP contribution in [-0.2, 0) is 14.3 Å². The Morgan fingerprint density at radius 2 is 2.18 bits per heavy atom. The number of unbranched alkanes of at least 4 members (excludes halogenated alkanes) is 1. The summed E-state index contributed by atoms with van der Waals surface area (Å²) in [4.78, 5) is 28.0. The van der Waals surface area contributed by atoms with E-state index in [-0.39, 0.29) is 30.6 Å². The normalized spacial score (nSPS) is 18.0. The van der Waals surface area contributed by atoms with Crippen LogP contribution in [0.5, 0.6) is 0 Å². The highest BCUT2D eigenvalue weighted by atomic mass is 35.5. The van der Waals surface area contributed by atoms with Crippen molar-refractivity contribution in [2.45, 2.75) is 39.2 Å². The van der Waals surface area contributed by atoms with Crippen molar-refractivity contribution in [3.8, 4) is 0 Å². The lowest BCUT2D eigenvalue weighted by molar-refractivity contribution is -0.141. The van der Waals surface area contributed by atoms with Gasteiger partial charge in [0.25, 0.3) is 0 Å². The largest absolute Gasteiger partial charge is 0.380 e. The maximum absolute atomic E-state index is 12.3. The molecule has 0 saturated carbocycles. The Morgan fingerprint density at radius 1 is 1.45 bits per heavy atom. The summed E-state index contributed by atoms with van der Waals surface area (Å²) in [6.45, 7) is 8.02. The lowest BCUT2D eigenvalue weighted by atomic mass is 10.1. The van der Waals surface area contributed by atoms with E-state index in [1.165, 1.54) is 0 Å². The number of piperazine rings is 1. The molecular weight excluding hydrogens is 306 g/mol. The third-order valence-corrected chi connectivity index (χ3v) is 3.74. The molecular formula is C15H30ClN3O3. The quantitative estimate of drug-likeness (QED) is 0.636. The second-order valence-electron chi connectivity index (χ2n) is 5.40. The molecule has 0 aromatic rings. The Bertz CT molecular complexity index is 342. The van der Waals surface area contributed by atoms with Gasteiger partial charge in [-0.05, 0) is 13.3 Å². The molecule has 1 atom stereocenters. The van der Waals surface area contributed by atoms with E-state index >= 15 is 0 Å². The first-order valence-electron chi connectivity index (χ1n) is 7.94. The predicted octanol–water partition coefficient (Wildman–Crippen LogP) is 0.894. The summed E-state index contributed by atoms with van der Waals surface area (Å²) in [7, 11) is 1.80. The summed E-state index contributed by atoms with van der Waals surface area (Å²) in [5, 5.41) is 3.15. The smallest absolute Gasteiger partial charge is 0.240 e. The van der Waals surface area contributed by atoms with Gasteiger partial charge >= 0.3 is 0 Å². The molecule has 22 heavy (non-hydrogen) atoms. The first kappa shape index (κ1) is 21.1. The Labute approximate surface area is 140 Å². The highest BCUT2D eigenvalue weighted by Crippen LogP contribution is 2.07. The van der Waals surface area contributed by atoms with Crippen LogP contribution in [0, 0.1) is 0 Å². The van der Waals surface area contributed by atoms with Gasteiger partial charge in [-0.15, -0.1) is 12.4 Å². The molecule has 0 aliphatic carbocycles. The van der Waals surface area contributed by atoms with Crippen molar-refractivity contribution in [2.75, 3.05) is 46.4 Å². The van der Waals surface area contributed by atoms with Gasteiger partial charge in [-0.1, -0.05) is 13.3 Å². The summed E-state index contributed by atoms with van der Waals surface area (Å²) < 4.78 is 5.29. The van der Waals surface area contributed by atoms with Crippen LogP contribution in [-0.4, -0.2) is 74.1 Å². The minimum absolute atomic E-state index is 0. The van der Waals surface area contributed by atoms with Crippen LogP contribution in [0.3, 0.4) is 0 Å². The van der Waals surface area contributed by atoms with Gasteiger partial charge in [0.1, 0.15) is 0 Å². The van der Waals surface area contributed by atoms with Crippen molar-refractivity contribution in [3.05, 3.63) is 0 Å². The van der Waals surface area contributed by atoms with Crippen LogP contribution < -0.4 is 5.32 Å². The van der Waals surface area contributed by atoms with Gasteiger partial charge in [-0.25, -0.2) is 0 Å². The number of rotatable bonds is 9. The zero-order chi connectivity index (χ0) is 15.7. The highest BCUT2D eigenvalue weighted by Gasteiger charge is 2.30. The number of halogens is 1. The van der Waals surface area contributed by atoms with Gasteiger partial charge in [0.15, 0.2) is 0 Å². The first-order valence-corrected chi connectivity index (χ1v) is 7.94. The molecule has 130 valence electrons. The van der Waals surface area contributed by atoms with Crippen molar-refractivity contribution in [1.29, 1.82) is 0 Å². The SMILES string of the molecule is CCCCN(C)C(=O)CC1NCCN(CCOCC)C1=O.Cl. The average molecular weight is 336 g/mol. The fraction of sp³-hybridized carbons (Fsp3) is 0.867. The van der Waals surface area contributed by atoms with Crippen LogP contribution in [0.4, 0.5) is 0 Å². The van der Waals surface area contributed by atoms with E-state index in [0.29, 0.717) is 26.3 Å². The van der Waals surface area contributed by atoms with Crippen molar-refractivity contribution in [1.82, 2.24) is 15.1 Å². The number of nitrogens with zero attached hydrogens (tertiary/aromatic N) is 2. The third kappa shape index (κ3) is 6.94. The van der Waals surface area contributed by atoms with E-state index < -0.39 is 6.04 Å². The molecule has 1 saturated heterocycles. The summed E-state index contributed by atoms with van der Waals surface area (Å²) in [6, 6.07) is -0.392. The Hall–Kier alpha value is -0.850. The monoisotopic (exact) mass is 335 g/mol. The molecule has 0 aromatic carbocycles. The number of carbonyl (C=O) groups excluding carboxylic acids is 2. The topological polar surface area (TPSA) is 61.9 Å². The number of carbonyl (C=O) groups is 2. The van der Waals surface area contributed by atoms with E-state index in [2.05, 4.69) is 12.2 Å². The van der Waals surface area contributed by atoms with Crippen molar-refractivity contribution in [2.24, 2.45) is 0 Å². The zero-order valence-corrected chi connectivity index (χ0v) is 14.8. The maximum Gasteiger partial charge on any atom is 0.240 e. The van der Waals surface area contributed by atoms with Crippen LogP contribution in [0.25, 0.3) is 0 Å². The number of nitrogens with one attached hydrogen (secondary N) is 1. The summed E-state index contributed by atoms with van der Waals surface area (Å²) in [5.41, 5.74) is 0. The second-order valence-corrected chi connectivity index (χ2v) is 5.40. The average Bonchev–Trinajstić information content (AvgIpc) is 2.48. The van der Waals surface area contributed by atoms with Gasteiger partial charge in [0.2, 0.25) is 11.8 Å². The Kier molecular flexibility index (Phi) is 11.2. The molecule has 2 amide bonds. The summed E-state index contributed by atoms with van der Waals surface area (Å²) >= 11 is 0. The van der Waals surface area contributed by atoms with Crippen molar-refractivity contribution < 1.29 is 14.3 Å². The molecule has 7 heteroatoms. The van der Waals surface area contributed by atoms with E-state index in [0.717, 1.165) is 25.9 Å². The van der Waals surface area contributed by atoms with Gasteiger partial charge in [0, 0.05) is 39.8 Å². The minimum Gasteiger partial charge on any atom is -0.380 e. The van der Waals surface area contributed by atoms with Crippen LogP contribution in [0.2, 0.25) is 0 Å². The molecule has 1 aliphatic heterocycles. The fourth-order valence-electron chi connectivity index (χ4n) is 2.34. The van der Waals surface area contributed by atoms with Gasteiger partial charge in [-0.2, -0.15) is 0 Å². The molecule has 1 fully saturated rings. The third-order valence-electron chi connectivity index (χ3n) is 3.74. The molecule has 6 nitrogen and oxygen atoms in total. The van der Waals surface area contributed by atoms with E-state index in [1.54, 1.807) is 16.8 Å². The molecule has 0 aromatic heterocycles. The minimum atomic E-state index is -0.392. The van der Waals surface area contributed by atoms with E-state index in [9.17, 15) is 9.59 Å². The fourth-order valence-corrected chi connectivity index (χ4v) is 2.34. The molecule has 1 heterocycles. The number of amides is 2. The second kappa shape index (κ2) is 11.7. The number of ether oxygens (including phenoxy) is 1. The summed E-state index contributed by atoms with van der Waals surface area (Å²) in [6.07, 6.45) is 2.29. The van der Waals surface area contributed by atoms with Crippen LogP contribution in [0.1, 0.15) is 33.1 Å². The molecule has 1 unspecified atom stereocenters. The zero-order valence-electron chi connectivity index (χ0n) is 14.0. The first-order chi connectivity index (χ1) is 10.1. The molecule has 0 spiro atoms. The van der Waals surface area contributed by atoms with E-state index in [1.807, 2.05) is 6.92 Å². The lowest BCUT2D eigenvalue weighted by Gasteiger charge is -2.33. The predicted molar refractivity (Wildman–Crippen MR) is 89.3 cm³/mol. The van der Waals surface area contributed by atoms with Crippen molar-refractivity contribution in [3.63, 3.8) is 0 Å². The van der Waals surface area contributed by atoms with Gasteiger partial charge in [0.05, 0.1) is 19.1 Å². The Balaban J connectivity index is 0.00000441. The maximum atomic E-state index is 12.3. The number of hydrogen-bond donors (Lipinski definition) is 1. The lowest BCUT2D eigenvalue weighted by Crippen LogP contribution is -2.56. The van der Waals surface area contributed by atoms with Crippen LogP contribution >= 0.6 is 12.4 Å². The molecule has 1 N–H and O–H groups in total. The van der Waals surface area contributed by atoms with Crippen molar-refractivity contribution >= 4 is 24.2 Å². The molecule has 0 radical (unpaired) electrons. The molecule has 0 bridgehead atoms. The highest BCUT2D eigenvalue weighted by molar-refractivity contribution is 5.88. The standard InChI is InChI=1S/C15H29N3O3.ClH/c1-4-6-8-17(3)14(19)12-13-15(20)18(9-7-16-13)10-11-21-5-2;/h13,16H,4-12H2,1-3H3;1H. The number of hydrogen-bond acceptors (Lipinski definition) is 4. The Morgan fingerprint density at radius 3 is 2.82 bits per heavy atom. The van der Waals surface area contributed by atoms with Gasteiger partial charge in [-0.3, -0.25) is 9.59 Å². The van der Waals surface area contributed by atoms with E-state index in [4.69, 9.17) is 4.74 Å². The van der Waals surface area contributed by atoms with Gasteiger partial charge < -0.3 is 19.9 Å². The molecule has 1 rings (SSSR count).